The number of carboxylic acids is 1. The molecule has 0 saturated heterocycles. The molecule has 0 radical (unpaired) electrons. The highest BCUT2D eigenvalue weighted by molar-refractivity contribution is 5.92. The van der Waals surface area contributed by atoms with Crippen LogP contribution in [0.15, 0.2) is 18.2 Å². The van der Waals surface area contributed by atoms with Crippen LogP contribution in [0.3, 0.4) is 0 Å². The van der Waals surface area contributed by atoms with E-state index in [2.05, 4.69) is 4.98 Å². The molecule has 1 aromatic carbocycles. The van der Waals surface area contributed by atoms with E-state index in [-0.39, 0.29) is 5.56 Å². The zero-order valence-electron chi connectivity index (χ0n) is 9.02. The molecule has 0 aliphatic rings. The van der Waals surface area contributed by atoms with Gasteiger partial charge in [0.25, 0.3) is 6.43 Å². The Labute approximate surface area is 95.5 Å². The summed E-state index contributed by atoms with van der Waals surface area (Å²) in [7, 11) is 0. The maximum atomic E-state index is 12.4. The summed E-state index contributed by atoms with van der Waals surface area (Å²) < 4.78 is 26.1. The van der Waals surface area contributed by atoms with Gasteiger partial charge in [-0.25, -0.2) is 18.6 Å². The smallest absolute Gasteiger partial charge is 0.335 e. The number of rotatable bonds is 3. The average molecular weight is 240 g/mol. The molecule has 0 amide bonds. The highest BCUT2D eigenvalue weighted by Crippen LogP contribution is 2.19. The number of hydrogen-bond donors (Lipinski definition) is 1. The van der Waals surface area contributed by atoms with Gasteiger partial charge in [-0.1, -0.05) is 0 Å². The Balaban J connectivity index is 2.56. The van der Waals surface area contributed by atoms with Crippen molar-refractivity contribution in [1.29, 1.82) is 0 Å². The Hall–Kier alpha value is -1.98. The van der Waals surface area contributed by atoms with E-state index >= 15 is 0 Å². The van der Waals surface area contributed by atoms with Gasteiger partial charge in [-0.3, -0.25) is 0 Å². The van der Waals surface area contributed by atoms with E-state index in [0.29, 0.717) is 16.9 Å². The molecule has 6 heteroatoms. The maximum Gasteiger partial charge on any atom is 0.335 e. The van der Waals surface area contributed by atoms with E-state index in [1.807, 2.05) is 0 Å². The molecule has 0 unspecified atom stereocenters. The summed E-state index contributed by atoms with van der Waals surface area (Å²) in [4.78, 5) is 14.8. The first kappa shape index (κ1) is 11.5. The quantitative estimate of drug-likeness (QED) is 0.895. The monoisotopic (exact) mass is 240 g/mol. The van der Waals surface area contributed by atoms with Gasteiger partial charge in [0.1, 0.15) is 5.82 Å². The summed E-state index contributed by atoms with van der Waals surface area (Å²) in [6.07, 6.45) is -2.47. The second-order valence-electron chi connectivity index (χ2n) is 3.67. The Morgan fingerprint density at radius 2 is 2.24 bits per heavy atom. The third kappa shape index (κ3) is 2.11. The molecule has 0 atom stereocenters. The molecule has 0 bridgehead atoms. The van der Waals surface area contributed by atoms with Crippen LogP contribution in [0.2, 0.25) is 0 Å². The summed E-state index contributed by atoms with van der Waals surface area (Å²) >= 11 is 0. The molecule has 2 aromatic rings. The predicted octanol–water partition coefficient (Wildman–Crippen LogP) is 2.31. The van der Waals surface area contributed by atoms with Crippen LogP contribution in [0.4, 0.5) is 8.78 Å². The molecule has 0 fully saturated rings. The molecule has 0 aliphatic carbocycles. The molecular formula is C11H10F2N2O2. The van der Waals surface area contributed by atoms with Crippen molar-refractivity contribution >= 4 is 17.0 Å². The van der Waals surface area contributed by atoms with Gasteiger partial charge in [0.15, 0.2) is 0 Å². The summed E-state index contributed by atoms with van der Waals surface area (Å²) in [5, 5.41) is 8.81. The van der Waals surface area contributed by atoms with Crippen molar-refractivity contribution in [3.8, 4) is 0 Å². The van der Waals surface area contributed by atoms with Crippen LogP contribution in [0.25, 0.3) is 11.0 Å². The third-order valence-corrected chi connectivity index (χ3v) is 2.51. The van der Waals surface area contributed by atoms with Gasteiger partial charge in [0, 0.05) is 0 Å². The first-order valence-electron chi connectivity index (χ1n) is 4.97. The number of aromatic nitrogens is 2. The van der Waals surface area contributed by atoms with Crippen molar-refractivity contribution in [3.05, 3.63) is 29.6 Å². The van der Waals surface area contributed by atoms with Crippen molar-refractivity contribution in [2.45, 2.75) is 19.9 Å². The molecule has 4 nitrogen and oxygen atoms in total. The van der Waals surface area contributed by atoms with Crippen LogP contribution >= 0.6 is 0 Å². The minimum absolute atomic E-state index is 0.0965. The van der Waals surface area contributed by atoms with Gasteiger partial charge >= 0.3 is 5.97 Å². The minimum atomic E-state index is -2.47. The van der Waals surface area contributed by atoms with Gasteiger partial charge in [-0.2, -0.15) is 0 Å². The normalized spacial score (nSPS) is 11.3. The number of benzene rings is 1. The number of alkyl halides is 2. The minimum Gasteiger partial charge on any atom is -0.478 e. The van der Waals surface area contributed by atoms with Crippen LogP contribution in [-0.4, -0.2) is 27.1 Å². The zero-order chi connectivity index (χ0) is 12.6. The van der Waals surface area contributed by atoms with Crippen molar-refractivity contribution in [1.82, 2.24) is 9.55 Å². The zero-order valence-corrected chi connectivity index (χ0v) is 9.02. The number of aryl methyl sites for hydroxylation is 1. The molecule has 1 heterocycles. The lowest BCUT2D eigenvalue weighted by molar-refractivity contribution is 0.0697. The summed E-state index contributed by atoms with van der Waals surface area (Å²) in [5.41, 5.74) is 1.04. The van der Waals surface area contributed by atoms with Gasteiger partial charge in [0.2, 0.25) is 0 Å². The SMILES string of the molecule is Cc1nc2cc(C(=O)O)ccc2n1CC(F)F. The molecule has 2 rings (SSSR count). The van der Waals surface area contributed by atoms with E-state index in [0.717, 1.165) is 0 Å². The highest BCUT2D eigenvalue weighted by Gasteiger charge is 2.13. The fraction of sp³-hybridized carbons (Fsp3) is 0.273. The second kappa shape index (κ2) is 4.12. The first-order valence-corrected chi connectivity index (χ1v) is 4.97. The number of carbonyl (C=O) groups is 1. The Morgan fingerprint density at radius 1 is 1.53 bits per heavy atom. The van der Waals surface area contributed by atoms with Gasteiger partial charge in [-0.05, 0) is 25.1 Å². The van der Waals surface area contributed by atoms with Gasteiger partial charge in [0.05, 0.1) is 23.1 Å². The topological polar surface area (TPSA) is 55.1 Å². The highest BCUT2D eigenvalue weighted by atomic mass is 19.3. The lowest BCUT2D eigenvalue weighted by Crippen LogP contribution is -2.08. The summed E-state index contributed by atoms with van der Waals surface area (Å²) in [5.74, 6) is -0.615. The number of carboxylic acid groups (broad SMARTS) is 1. The van der Waals surface area contributed by atoms with Crippen LogP contribution in [-0.2, 0) is 6.54 Å². The number of imidazole rings is 1. The van der Waals surface area contributed by atoms with E-state index < -0.39 is 18.9 Å². The Morgan fingerprint density at radius 3 is 2.82 bits per heavy atom. The number of aromatic carboxylic acids is 1. The molecule has 0 spiro atoms. The van der Waals surface area contributed by atoms with Crippen molar-refractivity contribution < 1.29 is 18.7 Å². The molecule has 1 N–H and O–H groups in total. The Bertz CT molecular complexity index is 578. The molecule has 17 heavy (non-hydrogen) atoms. The van der Waals surface area contributed by atoms with E-state index in [1.165, 1.54) is 22.8 Å². The summed E-state index contributed by atoms with van der Waals surface area (Å²) in [6.45, 7) is 1.18. The fourth-order valence-electron chi connectivity index (χ4n) is 1.75. The van der Waals surface area contributed by atoms with Crippen LogP contribution < -0.4 is 0 Å². The maximum absolute atomic E-state index is 12.4. The van der Waals surface area contributed by atoms with Gasteiger partial charge in [-0.15, -0.1) is 0 Å². The predicted molar refractivity (Wildman–Crippen MR) is 57.4 cm³/mol. The van der Waals surface area contributed by atoms with Crippen LogP contribution in [0, 0.1) is 6.92 Å². The van der Waals surface area contributed by atoms with Crippen molar-refractivity contribution in [2.24, 2.45) is 0 Å². The molecule has 0 aliphatic heterocycles. The summed E-state index contributed by atoms with van der Waals surface area (Å²) in [6, 6.07) is 4.27. The molecule has 90 valence electrons. The van der Waals surface area contributed by atoms with Crippen LogP contribution in [0.5, 0.6) is 0 Å². The number of hydrogen-bond acceptors (Lipinski definition) is 2. The third-order valence-electron chi connectivity index (χ3n) is 2.51. The van der Waals surface area contributed by atoms with E-state index in [4.69, 9.17) is 5.11 Å². The molecule has 0 saturated carbocycles. The molecular weight excluding hydrogens is 230 g/mol. The van der Waals surface area contributed by atoms with Crippen molar-refractivity contribution in [2.75, 3.05) is 0 Å². The first-order chi connectivity index (χ1) is 7.99. The Kier molecular flexibility index (Phi) is 2.79. The standard InChI is InChI=1S/C11H10F2N2O2/c1-6-14-8-4-7(11(16)17)2-3-9(8)15(6)5-10(12)13/h2-4,10H,5H2,1H3,(H,16,17). The number of fused-ring (bicyclic) bond motifs is 1. The van der Waals surface area contributed by atoms with Crippen LogP contribution in [0.1, 0.15) is 16.2 Å². The van der Waals surface area contributed by atoms with E-state index in [9.17, 15) is 13.6 Å². The lowest BCUT2D eigenvalue weighted by Gasteiger charge is -2.05. The van der Waals surface area contributed by atoms with Gasteiger partial charge < -0.3 is 9.67 Å². The average Bonchev–Trinajstić information content (AvgIpc) is 2.54. The number of nitrogens with zero attached hydrogens (tertiary/aromatic N) is 2. The molecule has 1 aromatic heterocycles. The fourth-order valence-corrected chi connectivity index (χ4v) is 1.75. The van der Waals surface area contributed by atoms with E-state index in [1.54, 1.807) is 6.92 Å². The lowest BCUT2D eigenvalue weighted by atomic mass is 10.2. The number of halogens is 2. The largest absolute Gasteiger partial charge is 0.478 e. The van der Waals surface area contributed by atoms with Crippen molar-refractivity contribution in [3.63, 3.8) is 0 Å². The second-order valence-corrected chi connectivity index (χ2v) is 3.67.